The molecule has 1 heterocycles. The van der Waals surface area contributed by atoms with Crippen LogP contribution in [0.2, 0.25) is 0 Å². The first-order chi connectivity index (χ1) is 5.46. The SMILES string of the molecule is CC1=C(O)C(O)C(=O)N(C)C1=O. The molecule has 0 fully saturated rings. The molecule has 0 radical (unpaired) electrons. The van der Waals surface area contributed by atoms with Gasteiger partial charge in [0.1, 0.15) is 5.76 Å². The van der Waals surface area contributed by atoms with E-state index in [0.717, 1.165) is 4.90 Å². The number of nitrogens with zero attached hydrogens (tertiary/aromatic N) is 1. The van der Waals surface area contributed by atoms with Crippen molar-refractivity contribution >= 4 is 11.8 Å². The number of amides is 2. The molecule has 0 aliphatic carbocycles. The zero-order valence-electron chi connectivity index (χ0n) is 6.74. The van der Waals surface area contributed by atoms with E-state index in [2.05, 4.69) is 0 Å². The van der Waals surface area contributed by atoms with Crippen LogP contribution >= 0.6 is 0 Å². The minimum absolute atomic E-state index is 0.00426. The van der Waals surface area contributed by atoms with Gasteiger partial charge in [-0.05, 0) is 6.92 Å². The summed E-state index contributed by atoms with van der Waals surface area (Å²) in [4.78, 5) is 22.8. The summed E-state index contributed by atoms with van der Waals surface area (Å²) >= 11 is 0. The predicted molar refractivity (Wildman–Crippen MR) is 39.1 cm³/mol. The van der Waals surface area contributed by atoms with Gasteiger partial charge in [0.05, 0.1) is 5.57 Å². The number of carbonyl (C=O) groups is 2. The first-order valence-electron chi connectivity index (χ1n) is 3.36. The van der Waals surface area contributed by atoms with E-state index in [9.17, 15) is 9.59 Å². The van der Waals surface area contributed by atoms with E-state index in [4.69, 9.17) is 10.2 Å². The number of imide groups is 1. The molecule has 12 heavy (non-hydrogen) atoms. The summed E-state index contributed by atoms with van der Waals surface area (Å²) in [5.74, 6) is -1.94. The summed E-state index contributed by atoms with van der Waals surface area (Å²) in [5.41, 5.74) is 0.00426. The maximum atomic E-state index is 11.1. The standard InChI is InChI=1S/C7H9NO4/c1-3-4(9)5(10)7(12)8(2)6(3)11/h5,9-10H,1-2H3. The van der Waals surface area contributed by atoms with Crippen molar-refractivity contribution in [2.75, 3.05) is 7.05 Å². The molecule has 0 saturated heterocycles. The lowest BCUT2D eigenvalue weighted by molar-refractivity contribution is -0.148. The van der Waals surface area contributed by atoms with Crippen LogP contribution in [0, 0.1) is 0 Å². The Balaban J connectivity index is 3.17. The number of hydrogen-bond acceptors (Lipinski definition) is 4. The molecule has 5 nitrogen and oxygen atoms in total. The highest BCUT2D eigenvalue weighted by Gasteiger charge is 2.35. The number of hydrogen-bond donors (Lipinski definition) is 2. The van der Waals surface area contributed by atoms with Crippen molar-refractivity contribution in [1.29, 1.82) is 0 Å². The highest BCUT2D eigenvalue weighted by Crippen LogP contribution is 2.16. The van der Waals surface area contributed by atoms with E-state index in [-0.39, 0.29) is 5.57 Å². The highest BCUT2D eigenvalue weighted by molar-refractivity contribution is 6.09. The molecule has 2 amide bonds. The average molecular weight is 171 g/mol. The van der Waals surface area contributed by atoms with Crippen LogP contribution in [-0.4, -0.2) is 40.1 Å². The molecule has 1 rings (SSSR count). The van der Waals surface area contributed by atoms with Gasteiger partial charge in [-0.3, -0.25) is 14.5 Å². The second-order valence-corrected chi connectivity index (χ2v) is 2.62. The normalized spacial score (nSPS) is 25.2. The fourth-order valence-electron chi connectivity index (χ4n) is 0.967. The smallest absolute Gasteiger partial charge is 0.265 e. The largest absolute Gasteiger partial charge is 0.508 e. The van der Waals surface area contributed by atoms with E-state index in [1.807, 2.05) is 0 Å². The van der Waals surface area contributed by atoms with Gasteiger partial charge in [-0.2, -0.15) is 0 Å². The highest BCUT2D eigenvalue weighted by atomic mass is 16.3. The Morgan fingerprint density at radius 1 is 1.42 bits per heavy atom. The van der Waals surface area contributed by atoms with Crippen molar-refractivity contribution in [3.05, 3.63) is 11.3 Å². The van der Waals surface area contributed by atoms with Gasteiger partial charge in [0, 0.05) is 7.05 Å². The maximum Gasteiger partial charge on any atom is 0.265 e. The Kier molecular flexibility index (Phi) is 1.89. The molecule has 0 spiro atoms. The monoisotopic (exact) mass is 171 g/mol. The lowest BCUT2D eigenvalue weighted by atomic mass is 10.1. The van der Waals surface area contributed by atoms with E-state index in [1.54, 1.807) is 0 Å². The Bertz CT molecular complexity index is 281. The second-order valence-electron chi connectivity index (χ2n) is 2.62. The lowest BCUT2D eigenvalue weighted by Gasteiger charge is -2.24. The number of aliphatic hydroxyl groups is 2. The Morgan fingerprint density at radius 3 is 2.42 bits per heavy atom. The zero-order valence-corrected chi connectivity index (χ0v) is 6.74. The van der Waals surface area contributed by atoms with Crippen molar-refractivity contribution < 1.29 is 19.8 Å². The molecule has 0 aromatic carbocycles. The van der Waals surface area contributed by atoms with Crippen LogP contribution in [-0.2, 0) is 9.59 Å². The molecule has 0 bridgehead atoms. The molecule has 5 heteroatoms. The molecule has 0 aromatic rings. The summed E-state index contributed by atoms with van der Waals surface area (Å²) in [7, 11) is 1.25. The first kappa shape index (κ1) is 8.73. The van der Waals surface area contributed by atoms with Crippen molar-refractivity contribution in [2.24, 2.45) is 0 Å². The van der Waals surface area contributed by atoms with Crippen LogP contribution in [0.1, 0.15) is 6.92 Å². The minimum atomic E-state index is -1.59. The van der Waals surface area contributed by atoms with Gasteiger partial charge in [0.15, 0.2) is 6.10 Å². The lowest BCUT2D eigenvalue weighted by Crippen LogP contribution is -2.46. The van der Waals surface area contributed by atoms with Gasteiger partial charge < -0.3 is 10.2 Å². The molecular weight excluding hydrogens is 162 g/mol. The maximum absolute atomic E-state index is 11.1. The van der Waals surface area contributed by atoms with Crippen LogP contribution in [0.4, 0.5) is 0 Å². The third kappa shape index (κ3) is 0.984. The summed E-state index contributed by atoms with van der Waals surface area (Å²) in [6.45, 7) is 1.35. The molecule has 1 aliphatic rings. The summed E-state index contributed by atoms with van der Waals surface area (Å²) in [6.07, 6.45) is -1.59. The van der Waals surface area contributed by atoms with Crippen LogP contribution in [0.3, 0.4) is 0 Å². The summed E-state index contributed by atoms with van der Waals surface area (Å²) in [6, 6.07) is 0. The van der Waals surface area contributed by atoms with Gasteiger partial charge >= 0.3 is 0 Å². The minimum Gasteiger partial charge on any atom is -0.508 e. The molecule has 0 saturated carbocycles. The van der Waals surface area contributed by atoms with Crippen molar-refractivity contribution in [1.82, 2.24) is 4.90 Å². The molecule has 66 valence electrons. The summed E-state index contributed by atoms with van der Waals surface area (Å²) < 4.78 is 0. The van der Waals surface area contributed by atoms with Crippen molar-refractivity contribution in [3.63, 3.8) is 0 Å². The van der Waals surface area contributed by atoms with E-state index >= 15 is 0 Å². The number of rotatable bonds is 0. The molecule has 1 aliphatic heterocycles. The van der Waals surface area contributed by atoms with Crippen LogP contribution in [0.5, 0.6) is 0 Å². The molecule has 0 aromatic heterocycles. The molecular formula is C7H9NO4. The van der Waals surface area contributed by atoms with Gasteiger partial charge in [0.25, 0.3) is 11.8 Å². The van der Waals surface area contributed by atoms with Crippen molar-refractivity contribution in [2.45, 2.75) is 13.0 Å². The van der Waals surface area contributed by atoms with E-state index in [0.29, 0.717) is 0 Å². The van der Waals surface area contributed by atoms with Crippen molar-refractivity contribution in [3.8, 4) is 0 Å². The third-order valence-electron chi connectivity index (χ3n) is 1.83. The van der Waals surface area contributed by atoms with E-state index in [1.165, 1.54) is 14.0 Å². The Hall–Kier alpha value is -1.36. The average Bonchev–Trinajstić information content (AvgIpc) is 2.08. The zero-order chi connectivity index (χ0) is 9.46. The van der Waals surface area contributed by atoms with Crippen LogP contribution in [0.25, 0.3) is 0 Å². The molecule has 1 unspecified atom stereocenters. The predicted octanol–water partition coefficient (Wildman–Crippen LogP) is -0.822. The second kappa shape index (κ2) is 2.60. The van der Waals surface area contributed by atoms with Gasteiger partial charge in [-0.1, -0.05) is 0 Å². The van der Waals surface area contributed by atoms with Gasteiger partial charge in [-0.25, -0.2) is 0 Å². The topological polar surface area (TPSA) is 77.8 Å². The van der Waals surface area contributed by atoms with Gasteiger partial charge in [0.2, 0.25) is 0 Å². The first-order valence-corrected chi connectivity index (χ1v) is 3.36. The summed E-state index contributed by atoms with van der Waals surface area (Å²) in [5, 5.41) is 18.1. The van der Waals surface area contributed by atoms with Gasteiger partial charge in [-0.15, -0.1) is 0 Å². The molecule has 2 N–H and O–H groups in total. The van der Waals surface area contributed by atoms with Crippen LogP contribution in [0.15, 0.2) is 11.3 Å². The Morgan fingerprint density at radius 2 is 1.92 bits per heavy atom. The molecule has 1 atom stereocenters. The fraction of sp³-hybridized carbons (Fsp3) is 0.429. The third-order valence-corrected chi connectivity index (χ3v) is 1.83. The quantitative estimate of drug-likeness (QED) is 0.467. The van der Waals surface area contributed by atoms with Crippen LogP contribution < -0.4 is 0 Å². The Labute approximate surface area is 68.9 Å². The number of likely N-dealkylation sites (N-methyl/N-ethyl adjacent to an activating group) is 1. The number of aliphatic hydroxyl groups excluding tert-OH is 2. The number of carbonyl (C=O) groups excluding carboxylic acids is 2. The van der Waals surface area contributed by atoms with E-state index < -0.39 is 23.7 Å². The fourth-order valence-corrected chi connectivity index (χ4v) is 0.967.